The van der Waals surface area contributed by atoms with Crippen LogP contribution in [-0.2, 0) is 7.05 Å². The standard InChI is InChI=1S/C17H14FNO/c1-11-6-5-8-13(16(11)18)17(20)14-10-19(2)15-9-4-3-7-12(14)15/h3-10H,1-2H3. The highest BCUT2D eigenvalue weighted by Crippen LogP contribution is 2.24. The van der Waals surface area contributed by atoms with Gasteiger partial charge in [0.15, 0.2) is 5.78 Å². The second-order valence-corrected chi connectivity index (χ2v) is 4.94. The van der Waals surface area contributed by atoms with Gasteiger partial charge < -0.3 is 4.57 Å². The molecule has 3 rings (SSSR count). The lowest BCUT2D eigenvalue weighted by Gasteiger charge is -2.03. The van der Waals surface area contributed by atoms with E-state index in [0.29, 0.717) is 11.1 Å². The number of rotatable bonds is 2. The van der Waals surface area contributed by atoms with Gasteiger partial charge in [0.25, 0.3) is 0 Å². The fourth-order valence-corrected chi connectivity index (χ4v) is 2.49. The minimum absolute atomic E-state index is 0.126. The molecular formula is C17H14FNO. The zero-order valence-electron chi connectivity index (χ0n) is 11.4. The van der Waals surface area contributed by atoms with Crippen molar-refractivity contribution in [3.63, 3.8) is 0 Å². The molecule has 0 aliphatic heterocycles. The number of para-hydroxylation sites is 1. The molecule has 0 N–H and O–H groups in total. The Balaban J connectivity index is 2.21. The van der Waals surface area contributed by atoms with Crippen molar-refractivity contribution in [2.24, 2.45) is 7.05 Å². The van der Waals surface area contributed by atoms with Gasteiger partial charge in [0.2, 0.25) is 0 Å². The highest BCUT2D eigenvalue weighted by atomic mass is 19.1. The molecule has 0 aliphatic rings. The molecule has 1 heterocycles. The second-order valence-electron chi connectivity index (χ2n) is 4.94. The van der Waals surface area contributed by atoms with Crippen LogP contribution in [0, 0.1) is 12.7 Å². The number of nitrogens with zero attached hydrogens (tertiary/aromatic N) is 1. The largest absolute Gasteiger partial charge is 0.350 e. The van der Waals surface area contributed by atoms with Crippen LogP contribution in [0.4, 0.5) is 4.39 Å². The molecule has 2 aromatic carbocycles. The highest BCUT2D eigenvalue weighted by Gasteiger charge is 2.19. The number of benzene rings is 2. The van der Waals surface area contributed by atoms with Crippen LogP contribution in [0.3, 0.4) is 0 Å². The summed E-state index contributed by atoms with van der Waals surface area (Å²) >= 11 is 0. The zero-order valence-corrected chi connectivity index (χ0v) is 11.4. The third-order valence-corrected chi connectivity index (χ3v) is 3.58. The minimum Gasteiger partial charge on any atom is -0.350 e. The first kappa shape index (κ1) is 12.6. The van der Waals surface area contributed by atoms with E-state index in [1.54, 1.807) is 25.3 Å². The van der Waals surface area contributed by atoms with Gasteiger partial charge in [-0.2, -0.15) is 0 Å². The highest BCUT2D eigenvalue weighted by molar-refractivity contribution is 6.16. The molecule has 0 aliphatic carbocycles. The van der Waals surface area contributed by atoms with Gasteiger partial charge in [0.05, 0.1) is 5.56 Å². The van der Waals surface area contributed by atoms with Crippen molar-refractivity contribution in [2.75, 3.05) is 0 Å². The van der Waals surface area contributed by atoms with Crippen molar-refractivity contribution in [2.45, 2.75) is 6.92 Å². The maximum Gasteiger partial charge on any atom is 0.198 e. The Morgan fingerprint density at radius 3 is 2.60 bits per heavy atom. The van der Waals surface area contributed by atoms with Crippen molar-refractivity contribution in [3.05, 3.63) is 71.2 Å². The number of halogens is 1. The van der Waals surface area contributed by atoms with Crippen LogP contribution in [0.5, 0.6) is 0 Å². The van der Waals surface area contributed by atoms with Crippen molar-refractivity contribution >= 4 is 16.7 Å². The predicted molar refractivity (Wildman–Crippen MR) is 77.5 cm³/mol. The number of carbonyl (C=O) groups is 1. The Bertz CT molecular complexity index is 817. The van der Waals surface area contributed by atoms with Gasteiger partial charge in [0, 0.05) is 29.7 Å². The Hall–Kier alpha value is -2.42. The van der Waals surface area contributed by atoms with Crippen molar-refractivity contribution < 1.29 is 9.18 Å². The van der Waals surface area contributed by atoms with E-state index in [-0.39, 0.29) is 11.3 Å². The Morgan fingerprint density at radius 2 is 1.80 bits per heavy atom. The number of hydrogen-bond donors (Lipinski definition) is 0. The van der Waals surface area contributed by atoms with Gasteiger partial charge in [0.1, 0.15) is 5.82 Å². The van der Waals surface area contributed by atoms with E-state index in [2.05, 4.69) is 0 Å². The lowest BCUT2D eigenvalue weighted by molar-refractivity contribution is 0.103. The summed E-state index contributed by atoms with van der Waals surface area (Å²) in [6.45, 7) is 1.66. The lowest BCUT2D eigenvalue weighted by Crippen LogP contribution is -2.05. The molecule has 0 unspecified atom stereocenters. The summed E-state index contributed by atoms with van der Waals surface area (Å²) in [5.41, 5.74) is 2.11. The predicted octanol–water partition coefficient (Wildman–Crippen LogP) is 3.86. The van der Waals surface area contributed by atoms with Crippen LogP contribution in [0.2, 0.25) is 0 Å². The molecule has 0 amide bonds. The third-order valence-electron chi connectivity index (χ3n) is 3.58. The third kappa shape index (κ3) is 1.83. The van der Waals surface area contributed by atoms with Crippen LogP contribution in [0.15, 0.2) is 48.7 Å². The van der Waals surface area contributed by atoms with Gasteiger partial charge >= 0.3 is 0 Å². The maximum absolute atomic E-state index is 14.1. The van der Waals surface area contributed by atoms with Crippen molar-refractivity contribution in [1.29, 1.82) is 0 Å². The smallest absolute Gasteiger partial charge is 0.198 e. The molecule has 0 saturated heterocycles. The van der Waals surface area contributed by atoms with E-state index in [4.69, 9.17) is 0 Å². The van der Waals surface area contributed by atoms with Crippen LogP contribution in [-0.4, -0.2) is 10.4 Å². The molecule has 1 aromatic heterocycles. The number of hydrogen-bond acceptors (Lipinski definition) is 1. The summed E-state index contributed by atoms with van der Waals surface area (Å²) in [7, 11) is 1.88. The molecule has 0 radical (unpaired) electrons. The average Bonchev–Trinajstić information content (AvgIpc) is 2.79. The first-order valence-electron chi connectivity index (χ1n) is 6.43. The molecule has 100 valence electrons. The molecule has 0 atom stereocenters. The van der Waals surface area contributed by atoms with Gasteiger partial charge in [-0.05, 0) is 24.6 Å². The summed E-state index contributed by atoms with van der Waals surface area (Å²) in [6, 6.07) is 12.5. The van der Waals surface area contributed by atoms with Crippen LogP contribution < -0.4 is 0 Å². The molecular weight excluding hydrogens is 253 g/mol. The molecule has 0 saturated carbocycles. The van der Waals surface area contributed by atoms with Crippen molar-refractivity contribution in [1.82, 2.24) is 4.57 Å². The molecule has 0 fully saturated rings. The quantitative estimate of drug-likeness (QED) is 0.646. The molecule has 20 heavy (non-hydrogen) atoms. The fourth-order valence-electron chi connectivity index (χ4n) is 2.49. The number of aryl methyl sites for hydroxylation is 2. The SMILES string of the molecule is Cc1cccc(C(=O)c2cn(C)c3ccccc23)c1F. The van der Waals surface area contributed by atoms with Crippen LogP contribution in [0.1, 0.15) is 21.5 Å². The monoisotopic (exact) mass is 267 g/mol. The van der Waals surface area contributed by atoms with E-state index in [1.807, 2.05) is 35.9 Å². The Morgan fingerprint density at radius 1 is 1.05 bits per heavy atom. The maximum atomic E-state index is 14.1. The van der Waals surface area contributed by atoms with E-state index in [9.17, 15) is 9.18 Å². The average molecular weight is 267 g/mol. The van der Waals surface area contributed by atoms with Crippen LogP contribution in [0.25, 0.3) is 10.9 Å². The molecule has 0 spiro atoms. The number of aromatic nitrogens is 1. The lowest BCUT2D eigenvalue weighted by atomic mass is 10.0. The minimum atomic E-state index is -0.439. The molecule has 2 nitrogen and oxygen atoms in total. The summed E-state index contributed by atoms with van der Waals surface area (Å²) in [6.07, 6.45) is 1.76. The van der Waals surface area contributed by atoms with Gasteiger partial charge in [-0.15, -0.1) is 0 Å². The normalized spacial score (nSPS) is 10.9. The van der Waals surface area contributed by atoms with Gasteiger partial charge in [-0.1, -0.05) is 30.3 Å². The van der Waals surface area contributed by atoms with E-state index >= 15 is 0 Å². The van der Waals surface area contributed by atoms with E-state index < -0.39 is 5.82 Å². The molecule has 0 bridgehead atoms. The first-order chi connectivity index (χ1) is 9.59. The Kier molecular flexibility index (Phi) is 2.90. The second kappa shape index (κ2) is 4.60. The van der Waals surface area contributed by atoms with Crippen LogP contribution >= 0.6 is 0 Å². The summed E-state index contributed by atoms with van der Waals surface area (Å²) in [4.78, 5) is 12.6. The topological polar surface area (TPSA) is 22.0 Å². The summed E-state index contributed by atoms with van der Waals surface area (Å²) < 4.78 is 16.0. The van der Waals surface area contributed by atoms with Gasteiger partial charge in [-0.3, -0.25) is 4.79 Å². The molecule has 3 heteroatoms. The number of ketones is 1. The summed E-state index contributed by atoms with van der Waals surface area (Å²) in [5, 5.41) is 0.848. The first-order valence-corrected chi connectivity index (χ1v) is 6.43. The van der Waals surface area contributed by atoms with E-state index in [0.717, 1.165) is 10.9 Å². The summed E-state index contributed by atoms with van der Waals surface area (Å²) in [5.74, 6) is -0.714. The Labute approximate surface area is 116 Å². The fraction of sp³-hybridized carbons (Fsp3) is 0.118. The number of fused-ring (bicyclic) bond motifs is 1. The number of carbonyl (C=O) groups excluding carboxylic acids is 1. The van der Waals surface area contributed by atoms with Crippen molar-refractivity contribution in [3.8, 4) is 0 Å². The van der Waals surface area contributed by atoms with E-state index in [1.165, 1.54) is 6.07 Å². The molecule has 3 aromatic rings. The zero-order chi connectivity index (χ0) is 14.3. The van der Waals surface area contributed by atoms with Gasteiger partial charge in [-0.25, -0.2) is 4.39 Å².